The van der Waals surface area contributed by atoms with Gasteiger partial charge in [-0.2, -0.15) is 0 Å². The van der Waals surface area contributed by atoms with Crippen molar-refractivity contribution < 1.29 is 14.4 Å². The van der Waals surface area contributed by atoms with Crippen LogP contribution in [0.1, 0.15) is 6.92 Å². The SMILES string of the molecule is CC1=CC(=O)N(CC(=O)N(C)C)C1=O. The first kappa shape index (κ1) is 10.4. The normalized spacial score (nSPS) is 15.9. The number of imide groups is 1. The van der Waals surface area contributed by atoms with Crippen molar-refractivity contribution >= 4 is 17.7 Å². The summed E-state index contributed by atoms with van der Waals surface area (Å²) in [7, 11) is 3.15. The standard InChI is InChI=1S/C9H12N2O3/c1-6-4-7(12)11(9(6)14)5-8(13)10(2)3/h4H,5H2,1-3H3. The van der Waals surface area contributed by atoms with Gasteiger partial charge in [-0.15, -0.1) is 0 Å². The summed E-state index contributed by atoms with van der Waals surface area (Å²) >= 11 is 0. The van der Waals surface area contributed by atoms with E-state index in [0.29, 0.717) is 5.57 Å². The zero-order chi connectivity index (χ0) is 10.9. The van der Waals surface area contributed by atoms with Gasteiger partial charge in [0.25, 0.3) is 11.8 Å². The molecule has 5 heteroatoms. The zero-order valence-corrected chi connectivity index (χ0v) is 8.40. The topological polar surface area (TPSA) is 57.7 Å². The molecule has 0 aromatic rings. The summed E-state index contributed by atoms with van der Waals surface area (Å²) < 4.78 is 0. The van der Waals surface area contributed by atoms with E-state index in [0.717, 1.165) is 4.90 Å². The van der Waals surface area contributed by atoms with Crippen LogP contribution < -0.4 is 0 Å². The Morgan fingerprint density at radius 2 is 2.00 bits per heavy atom. The summed E-state index contributed by atoms with van der Waals surface area (Å²) in [5.41, 5.74) is 0.376. The Hall–Kier alpha value is -1.65. The fourth-order valence-corrected chi connectivity index (χ4v) is 1.06. The van der Waals surface area contributed by atoms with Crippen LogP contribution in [-0.4, -0.2) is 48.2 Å². The molecule has 0 atom stereocenters. The van der Waals surface area contributed by atoms with Crippen LogP contribution in [0, 0.1) is 0 Å². The summed E-state index contributed by atoms with van der Waals surface area (Å²) in [6.07, 6.45) is 1.24. The summed E-state index contributed by atoms with van der Waals surface area (Å²) in [4.78, 5) is 36.1. The van der Waals surface area contributed by atoms with Crippen molar-refractivity contribution in [2.24, 2.45) is 0 Å². The predicted octanol–water partition coefficient (Wildman–Crippen LogP) is -0.610. The Labute approximate surface area is 82.0 Å². The van der Waals surface area contributed by atoms with Gasteiger partial charge in [-0.25, -0.2) is 0 Å². The fraction of sp³-hybridized carbons (Fsp3) is 0.444. The maximum atomic E-state index is 11.3. The molecule has 76 valence electrons. The molecule has 5 nitrogen and oxygen atoms in total. The first-order chi connectivity index (χ1) is 6.43. The summed E-state index contributed by atoms with van der Waals surface area (Å²) in [5, 5.41) is 0. The Bertz CT molecular complexity index is 331. The number of amides is 3. The summed E-state index contributed by atoms with van der Waals surface area (Å²) in [5.74, 6) is -1.07. The van der Waals surface area contributed by atoms with Gasteiger partial charge in [-0.05, 0) is 6.92 Å². The Morgan fingerprint density at radius 3 is 2.36 bits per heavy atom. The molecule has 0 saturated carbocycles. The van der Waals surface area contributed by atoms with Gasteiger partial charge >= 0.3 is 0 Å². The van der Waals surface area contributed by atoms with Crippen LogP contribution in [0.4, 0.5) is 0 Å². The van der Waals surface area contributed by atoms with Crippen molar-refractivity contribution in [3.63, 3.8) is 0 Å². The molecule has 0 unspecified atom stereocenters. The van der Waals surface area contributed by atoms with Crippen LogP contribution in [-0.2, 0) is 14.4 Å². The maximum absolute atomic E-state index is 11.3. The third-order valence-corrected chi connectivity index (χ3v) is 1.98. The highest BCUT2D eigenvalue weighted by Crippen LogP contribution is 2.11. The smallest absolute Gasteiger partial charge is 0.257 e. The lowest BCUT2D eigenvalue weighted by molar-refractivity contribution is -0.143. The number of hydrogen-bond acceptors (Lipinski definition) is 3. The van der Waals surface area contributed by atoms with Crippen LogP contribution in [0.25, 0.3) is 0 Å². The second kappa shape index (κ2) is 3.61. The lowest BCUT2D eigenvalue weighted by Gasteiger charge is -2.16. The molecule has 1 rings (SSSR count). The molecule has 0 aliphatic carbocycles. The highest BCUT2D eigenvalue weighted by molar-refractivity contribution is 6.17. The molecule has 0 bridgehead atoms. The van der Waals surface area contributed by atoms with Crippen LogP contribution in [0.2, 0.25) is 0 Å². The average molecular weight is 196 g/mol. The van der Waals surface area contributed by atoms with E-state index in [-0.39, 0.29) is 18.4 Å². The minimum absolute atomic E-state index is 0.182. The second-order valence-corrected chi connectivity index (χ2v) is 3.35. The van der Waals surface area contributed by atoms with Crippen LogP contribution in [0.15, 0.2) is 11.6 Å². The first-order valence-electron chi connectivity index (χ1n) is 4.17. The lowest BCUT2D eigenvalue weighted by atomic mass is 10.3. The molecule has 0 aromatic heterocycles. The van der Waals surface area contributed by atoms with Crippen LogP contribution in [0.5, 0.6) is 0 Å². The number of carbonyl (C=O) groups is 3. The van der Waals surface area contributed by atoms with Crippen molar-refractivity contribution in [3.05, 3.63) is 11.6 Å². The average Bonchev–Trinajstić information content (AvgIpc) is 2.32. The van der Waals surface area contributed by atoms with E-state index in [2.05, 4.69) is 0 Å². The van der Waals surface area contributed by atoms with Gasteiger partial charge in [0.15, 0.2) is 0 Å². The largest absolute Gasteiger partial charge is 0.347 e. The van der Waals surface area contributed by atoms with Gasteiger partial charge in [0.05, 0.1) is 0 Å². The van der Waals surface area contributed by atoms with E-state index < -0.39 is 5.91 Å². The maximum Gasteiger partial charge on any atom is 0.257 e. The number of hydrogen-bond donors (Lipinski definition) is 0. The minimum atomic E-state index is -0.414. The molecular formula is C9H12N2O3. The zero-order valence-electron chi connectivity index (χ0n) is 8.40. The quantitative estimate of drug-likeness (QED) is 0.553. The molecule has 0 N–H and O–H groups in total. The Morgan fingerprint density at radius 1 is 1.43 bits per heavy atom. The van der Waals surface area contributed by atoms with Crippen molar-refractivity contribution in [3.8, 4) is 0 Å². The number of rotatable bonds is 2. The van der Waals surface area contributed by atoms with Crippen molar-refractivity contribution in [2.45, 2.75) is 6.92 Å². The minimum Gasteiger partial charge on any atom is -0.347 e. The van der Waals surface area contributed by atoms with Gasteiger partial charge < -0.3 is 4.90 Å². The van der Waals surface area contributed by atoms with E-state index in [1.54, 1.807) is 21.0 Å². The lowest BCUT2D eigenvalue weighted by Crippen LogP contribution is -2.40. The number of carbonyl (C=O) groups excluding carboxylic acids is 3. The highest BCUT2D eigenvalue weighted by atomic mass is 16.2. The second-order valence-electron chi connectivity index (χ2n) is 3.35. The molecule has 0 spiro atoms. The van der Waals surface area contributed by atoms with E-state index >= 15 is 0 Å². The van der Waals surface area contributed by atoms with Crippen LogP contribution >= 0.6 is 0 Å². The van der Waals surface area contributed by atoms with Gasteiger partial charge in [0, 0.05) is 25.7 Å². The van der Waals surface area contributed by atoms with Gasteiger partial charge in [0.2, 0.25) is 5.91 Å². The predicted molar refractivity (Wildman–Crippen MR) is 49.2 cm³/mol. The molecule has 1 aliphatic rings. The molecule has 0 fully saturated rings. The number of likely N-dealkylation sites (N-methyl/N-ethyl adjacent to an activating group) is 1. The first-order valence-corrected chi connectivity index (χ1v) is 4.17. The Kier molecular flexibility index (Phi) is 2.69. The number of nitrogens with zero attached hydrogens (tertiary/aromatic N) is 2. The molecule has 0 aromatic carbocycles. The molecular weight excluding hydrogens is 184 g/mol. The van der Waals surface area contributed by atoms with Gasteiger partial charge in [-0.1, -0.05) is 0 Å². The fourth-order valence-electron chi connectivity index (χ4n) is 1.06. The molecule has 1 aliphatic heterocycles. The molecule has 1 heterocycles. The van der Waals surface area contributed by atoms with E-state index in [1.165, 1.54) is 11.0 Å². The third-order valence-electron chi connectivity index (χ3n) is 1.98. The molecule has 0 radical (unpaired) electrons. The monoisotopic (exact) mass is 196 g/mol. The van der Waals surface area contributed by atoms with Crippen molar-refractivity contribution in [1.29, 1.82) is 0 Å². The van der Waals surface area contributed by atoms with Crippen molar-refractivity contribution in [1.82, 2.24) is 9.80 Å². The van der Waals surface area contributed by atoms with E-state index in [1.807, 2.05) is 0 Å². The molecule has 14 heavy (non-hydrogen) atoms. The van der Waals surface area contributed by atoms with Gasteiger partial charge in [0.1, 0.15) is 6.54 Å². The Balaban J connectivity index is 2.69. The van der Waals surface area contributed by atoms with E-state index in [4.69, 9.17) is 0 Å². The van der Waals surface area contributed by atoms with Crippen molar-refractivity contribution in [2.75, 3.05) is 20.6 Å². The molecule has 3 amide bonds. The highest BCUT2D eigenvalue weighted by Gasteiger charge is 2.30. The third kappa shape index (κ3) is 1.81. The molecule has 0 saturated heterocycles. The summed E-state index contributed by atoms with van der Waals surface area (Å²) in [6, 6.07) is 0. The van der Waals surface area contributed by atoms with Crippen LogP contribution in [0.3, 0.4) is 0 Å². The summed E-state index contributed by atoms with van der Waals surface area (Å²) in [6.45, 7) is 1.37. The van der Waals surface area contributed by atoms with Gasteiger partial charge in [-0.3, -0.25) is 19.3 Å². The van der Waals surface area contributed by atoms with E-state index in [9.17, 15) is 14.4 Å².